The quantitative estimate of drug-likeness (QED) is 0.823. The highest BCUT2D eigenvalue weighted by atomic mass is 16.3. The summed E-state index contributed by atoms with van der Waals surface area (Å²) in [6.07, 6.45) is 5.96. The minimum atomic E-state index is -0.906. The number of likely N-dealkylation sites (tertiary alicyclic amines) is 1. The number of aliphatic hydroxyl groups is 1. The van der Waals surface area contributed by atoms with Gasteiger partial charge in [-0.15, -0.1) is 0 Å². The fourth-order valence-corrected chi connectivity index (χ4v) is 3.88. The fraction of sp³-hybridized carbons (Fsp3) is 0.579. The van der Waals surface area contributed by atoms with Crippen LogP contribution in [0.3, 0.4) is 0 Å². The second kappa shape index (κ2) is 7.75. The first-order chi connectivity index (χ1) is 13.5. The molecule has 4 heterocycles. The Morgan fingerprint density at radius 2 is 2.11 bits per heavy atom. The van der Waals surface area contributed by atoms with Gasteiger partial charge in [0.05, 0.1) is 31.0 Å². The number of aryl methyl sites for hydroxylation is 1. The van der Waals surface area contributed by atoms with E-state index < -0.39 is 6.10 Å². The standard InChI is InChI=1S/C19H26N6O3/c1-22-8-6-20-19(22)18(28)15-11-14-12-24(9-10-25(14)21-15)17(27)13-23-7-4-2-3-5-16(23)26/h6,8,11,18,28H,2-5,7,9-10,12-13H2,1H3/t18-/m1/s1. The average Bonchev–Trinajstić information content (AvgIpc) is 3.25. The summed E-state index contributed by atoms with van der Waals surface area (Å²) in [4.78, 5) is 32.5. The Morgan fingerprint density at radius 1 is 1.25 bits per heavy atom. The van der Waals surface area contributed by atoms with Crippen LogP contribution in [0.2, 0.25) is 0 Å². The molecule has 2 aliphatic heterocycles. The van der Waals surface area contributed by atoms with Gasteiger partial charge in [-0.1, -0.05) is 6.42 Å². The van der Waals surface area contributed by atoms with Gasteiger partial charge in [0, 0.05) is 39.0 Å². The van der Waals surface area contributed by atoms with Crippen LogP contribution >= 0.6 is 0 Å². The molecule has 1 saturated heterocycles. The van der Waals surface area contributed by atoms with Gasteiger partial charge < -0.3 is 19.5 Å². The van der Waals surface area contributed by atoms with Crippen LogP contribution in [-0.2, 0) is 29.7 Å². The number of imidazole rings is 1. The third kappa shape index (κ3) is 3.66. The maximum Gasteiger partial charge on any atom is 0.242 e. The molecular formula is C19H26N6O3. The summed E-state index contributed by atoms with van der Waals surface area (Å²) in [7, 11) is 1.83. The van der Waals surface area contributed by atoms with Crippen molar-refractivity contribution in [2.75, 3.05) is 19.6 Å². The third-order valence-corrected chi connectivity index (χ3v) is 5.55. The van der Waals surface area contributed by atoms with Crippen molar-refractivity contribution in [3.05, 3.63) is 35.7 Å². The molecule has 1 atom stereocenters. The highest BCUT2D eigenvalue weighted by Gasteiger charge is 2.27. The number of carbonyl (C=O) groups excluding carboxylic acids is 2. The number of hydrogen-bond acceptors (Lipinski definition) is 5. The Kier molecular flexibility index (Phi) is 5.17. The van der Waals surface area contributed by atoms with E-state index in [4.69, 9.17) is 0 Å². The molecule has 0 saturated carbocycles. The predicted molar refractivity (Wildman–Crippen MR) is 100.0 cm³/mol. The molecule has 150 valence electrons. The zero-order valence-electron chi connectivity index (χ0n) is 16.1. The number of aliphatic hydroxyl groups excluding tert-OH is 1. The molecule has 28 heavy (non-hydrogen) atoms. The molecule has 2 aliphatic rings. The highest BCUT2D eigenvalue weighted by molar-refractivity contribution is 5.85. The van der Waals surface area contributed by atoms with Crippen molar-refractivity contribution in [1.29, 1.82) is 0 Å². The van der Waals surface area contributed by atoms with Gasteiger partial charge in [0.25, 0.3) is 0 Å². The largest absolute Gasteiger partial charge is 0.379 e. The minimum absolute atomic E-state index is 0.0334. The fourth-order valence-electron chi connectivity index (χ4n) is 3.88. The van der Waals surface area contributed by atoms with Gasteiger partial charge in [0.2, 0.25) is 11.8 Å². The van der Waals surface area contributed by atoms with Crippen LogP contribution in [0, 0.1) is 0 Å². The monoisotopic (exact) mass is 386 g/mol. The SMILES string of the molecule is Cn1ccnc1[C@H](O)c1cc2n(n1)CCN(C(=O)CN1CCCCCC1=O)C2. The Hall–Kier alpha value is -2.68. The Morgan fingerprint density at radius 3 is 2.89 bits per heavy atom. The number of rotatable bonds is 4. The molecule has 0 unspecified atom stereocenters. The first kappa shape index (κ1) is 18.7. The van der Waals surface area contributed by atoms with E-state index >= 15 is 0 Å². The lowest BCUT2D eigenvalue weighted by Crippen LogP contribution is -2.45. The molecule has 1 N–H and O–H groups in total. The molecular weight excluding hydrogens is 360 g/mol. The number of aromatic nitrogens is 4. The molecule has 0 aromatic carbocycles. The topological polar surface area (TPSA) is 96.5 Å². The van der Waals surface area contributed by atoms with Crippen molar-refractivity contribution in [1.82, 2.24) is 29.1 Å². The molecule has 1 fully saturated rings. The summed E-state index contributed by atoms with van der Waals surface area (Å²) in [5, 5.41) is 15.1. The van der Waals surface area contributed by atoms with Gasteiger partial charge in [-0.05, 0) is 18.9 Å². The van der Waals surface area contributed by atoms with Crippen molar-refractivity contribution in [3.8, 4) is 0 Å². The van der Waals surface area contributed by atoms with Crippen molar-refractivity contribution in [3.63, 3.8) is 0 Å². The van der Waals surface area contributed by atoms with Gasteiger partial charge in [0.1, 0.15) is 5.82 Å². The molecule has 2 aromatic rings. The lowest BCUT2D eigenvalue weighted by Gasteiger charge is -2.30. The van der Waals surface area contributed by atoms with E-state index in [1.54, 1.807) is 26.8 Å². The van der Waals surface area contributed by atoms with E-state index in [9.17, 15) is 14.7 Å². The molecule has 4 rings (SSSR count). The number of carbonyl (C=O) groups is 2. The summed E-state index contributed by atoms with van der Waals surface area (Å²) < 4.78 is 3.60. The Labute approximate surface area is 163 Å². The molecule has 0 aliphatic carbocycles. The van der Waals surface area contributed by atoms with Gasteiger partial charge in [-0.3, -0.25) is 14.3 Å². The van der Waals surface area contributed by atoms with Crippen molar-refractivity contribution in [2.24, 2.45) is 7.05 Å². The van der Waals surface area contributed by atoms with Gasteiger partial charge in [-0.25, -0.2) is 4.98 Å². The Bertz CT molecular complexity index is 873. The maximum atomic E-state index is 12.7. The van der Waals surface area contributed by atoms with E-state index in [1.165, 1.54) is 0 Å². The first-order valence-corrected chi connectivity index (χ1v) is 9.80. The molecule has 2 amide bonds. The summed E-state index contributed by atoms with van der Waals surface area (Å²) >= 11 is 0. The number of nitrogens with zero attached hydrogens (tertiary/aromatic N) is 6. The van der Waals surface area contributed by atoms with Gasteiger partial charge in [0.15, 0.2) is 6.10 Å². The molecule has 9 heteroatoms. The van der Waals surface area contributed by atoms with Crippen molar-refractivity contribution >= 4 is 11.8 Å². The van der Waals surface area contributed by atoms with E-state index in [0.717, 1.165) is 25.0 Å². The lowest BCUT2D eigenvalue weighted by atomic mass is 10.2. The maximum absolute atomic E-state index is 12.7. The smallest absolute Gasteiger partial charge is 0.242 e. The third-order valence-electron chi connectivity index (χ3n) is 5.55. The minimum Gasteiger partial charge on any atom is -0.379 e. The van der Waals surface area contributed by atoms with Crippen LogP contribution in [0.1, 0.15) is 49.0 Å². The molecule has 0 spiro atoms. The van der Waals surface area contributed by atoms with Crippen LogP contribution in [0.25, 0.3) is 0 Å². The van der Waals surface area contributed by atoms with Gasteiger partial charge >= 0.3 is 0 Å². The summed E-state index contributed by atoms with van der Waals surface area (Å²) in [5.41, 5.74) is 1.41. The van der Waals surface area contributed by atoms with Crippen molar-refractivity contribution in [2.45, 2.75) is 44.9 Å². The number of fused-ring (bicyclic) bond motifs is 1. The zero-order valence-corrected chi connectivity index (χ0v) is 16.1. The number of amides is 2. The van der Waals surface area contributed by atoms with Crippen molar-refractivity contribution < 1.29 is 14.7 Å². The van der Waals surface area contributed by atoms with E-state index in [-0.39, 0.29) is 18.4 Å². The summed E-state index contributed by atoms with van der Waals surface area (Å²) in [5.74, 6) is 0.574. The second-order valence-electron chi connectivity index (χ2n) is 7.52. The van der Waals surface area contributed by atoms with Gasteiger partial charge in [-0.2, -0.15) is 5.10 Å². The van der Waals surface area contributed by atoms with Crippen LogP contribution in [0.5, 0.6) is 0 Å². The van der Waals surface area contributed by atoms with Crippen LogP contribution in [0.4, 0.5) is 0 Å². The van der Waals surface area contributed by atoms with Crippen LogP contribution in [0.15, 0.2) is 18.5 Å². The molecule has 2 aromatic heterocycles. The zero-order chi connectivity index (χ0) is 19.7. The van der Waals surface area contributed by atoms with E-state index in [1.807, 2.05) is 17.8 Å². The molecule has 0 radical (unpaired) electrons. The van der Waals surface area contributed by atoms with E-state index in [2.05, 4.69) is 10.1 Å². The number of hydrogen-bond donors (Lipinski definition) is 1. The summed E-state index contributed by atoms with van der Waals surface area (Å²) in [6.45, 7) is 2.36. The van der Waals surface area contributed by atoms with Crippen LogP contribution in [-0.4, -0.2) is 65.7 Å². The average molecular weight is 386 g/mol. The summed E-state index contributed by atoms with van der Waals surface area (Å²) in [6, 6.07) is 1.83. The van der Waals surface area contributed by atoms with E-state index in [0.29, 0.717) is 44.1 Å². The Balaban J connectivity index is 1.43. The highest BCUT2D eigenvalue weighted by Crippen LogP contribution is 2.22. The molecule has 9 nitrogen and oxygen atoms in total. The lowest BCUT2D eigenvalue weighted by molar-refractivity contribution is -0.141. The second-order valence-corrected chi connectivity index (χ2v) is 7.52. The molecule has 0 bridgehead atoms. The first-order valence-electron chi connectivity index (χ1n) is 9.80. The van der Waals surface area contributed by atoms with Crippen LogP contribution < -0.4 is 0 Å². The normalized spacial score (nSPS) is 18.7. The predicted octanol–water partition coefficient (Wildman–Crippen LogP) is 0.443.